The molecule has 0 amide bonds. The van der Waals surface area contributed by atoms with Gasteiger partial charge < -0.3 is 14.4 Å². The van der Waals surface area contributed by atoms with Crippen LogP contribution < -0.4 is 0 Å². The highest BCUT2D eigenvalue weighted by molar-refractivity contribution is 4.90. The third kappa shape index (κ3) is 3.68. The summed E-state index contributed by atoms with van der Waals surface area (Å²) in [6.07, 6.45) is 16.7. The number of hydrogen-bond acceptors (Lipinski definition) is 3. The Morgan fingerprint density at radius 2 is 1.64 bits per heavy atom. The zero-order chi connectivity index (χ0) is 14.8. The highest BCUT2D eigenvalue weighted by Gasteiger charge is 2.41. The van der Waals surface area contributed by atoms with Crippen molar-refractivity contribution in [3.63, 3.8) is 0 Å². The molecule has 0 N–H and O–H groups in total. The Labute approximate surface area is 135 Å². The molecule has 3 heteroatoms. The summed E-state index contributed by atoms with van der Waals surface area (Å²) in [5.74, 6) is 0.773. The molecule has 2 aliphatic carbocycles. The van der Waals surface area contributed by atoms with E-state index in [4.69, 9.17) is 9.47 Å². The molecule has 0 bridgehead atoms. The summed E-state index contributed by atoms with van der Waals surface area (Å²) >= 11 is 0. The highest BCUT2D eigenvalue weighted by Crippen LogP contribution is 2.39. The van der Waals surface area contributed by atoms with Gasteiger partial charge in [-0.3, -0.25) is 0 Å². The molecule has 4 unspecified atom stereocenters. The molecule has 0 aromatic carbocycles. The second-order valence-electron chi connectivity index (χ2n) is 8.13. The minimum atomic E-state index is 0.501. The summed E-state index contributed by atoms with van der Waals surface area (Å²) in [5, 5.41) is 0. The van der Waals surface area contributed by atoms with Crippen molar-refractivity contribution in [1.29, 1.82) is 0 Å². The Kier molecular flexibility index (Phi) is 5.04. The average molecular weight is 307 g/mol. The van der Waals surface area contributed by atoms with Gasteiger partial charge in [0.25, 0.3) is 0 Å². The van der Waals surface area contributed by atoms with E-state index in [0.29, 0.717) is 24.4 Å². The van der Waals surface area contributed by atoms with Gasteiger partial charge >= 0.3 is 0 Å². The van der Waals surface area contributed by atoms with Crippen LogP contribution in [0.4, 0.5) is 0 Å². The van der Waals surface area contributed by atoms with Crippen LogP contribution in [0.3, 0.4) is 0 Å². The van der Waals surface area contributed by atoms with Crippen molar-refractivity contribution in [1.82, 2.24) is 4.90 Å². The van der Waals surface area contributed by atoms with Crippen LogP contribution >= 0.6 is 0 Å². The Bertz CT molecular complexity index is 349. The molecule has 2 saturated heterocycles. The van der Waals surface area contributed by atoms with Crippen molar-refractivity contribution in [2.45, 2.75) is 95.0 Å². The molecule has 0 spiro atoms. The third-order valence-corrected chi connectivity index (χ3v) is 6.40. The normalized spacial score (nSPS) is 40.9. The van der Waals surface area contributed by atoms with Crippen LogP contribution in [-0.4, -0.2) is 49.0 Å². The summed E-state index contributed by atoms with van der Waals surface area (Å²) in [6, 6.07) is 0. The smallest absolute Gasteiger partial charge is 0.0709 e. The van der Waals surface area contributed by atoms with Crippen molar-refractivity contribution in [3.8, 4) is 0 Å². The van der Waals surface area contributed by atoms with Gasteiger partial charge in [0.15, 0.2) is 0 Å². The van der Waals surface area contributed by atoms with Gasteiger partial charge in [-0.2, -0.15) is 0 Å². The lowest BCUT2D eigenvalue weighted by molar-refractivity contribution is -0.0761. The SMILES string of the molecule is C1CCC(OC2CCC3OC(CN4CCCC4)CC3C2)CC1. The van der Waals surface area contributed by atoms with E-state index in [1.54, 1.807) is 0 Å². The quantitative estimate of drug-likeness (QED) is 0.789. The zero-order valence-corrected chi connectivity index (χ0v) is 14.0. The fraction of sp³-hybridized carbons (Fsp3) is 1.00. The van der Waals surface area contributed by atoms with Crippen LogP contribution in [0, 0.1) is 5.92 Å². The molecule has 2 aliphatic heterocycles. The van der Waals surface area contributed by atoms with E-state index in [1.165, 1.54) is 90.3 Å². The van der Waals surface area contributed by atoms with E-state index in [-0.39, 0.29) is 0 Å². The maximum absolute atomic E-state index is 6.44. The van der Waals surface area contributed by atoms with Crippen LogP contribution in [0.1, 0.15) is 70.6 Å². The molecule has 4 aliphatic rings. The number of fused-ring (bicyclic) bond motifs is 1. The second kappa shape index (κ2) is 7.19. The molecule has 2 heterocycles. The first kappa shape index (κ1) is 15.4. The molecular formula is C19H33NO2. The Morgan fingerprint density at radius 3 is 2.45 bits per heavy atom. The van der Waals surface area contributed by atoms with E-state index in [9.17, 15) is 0 Å². The Hall–Kier alpha value is -0.120. The van der Waals surface area contributed by atoms with Crippen LogP contribution in [0.5, 0.6) is 0 Å². The van der Waals surface area contributed by atoms with E-state index in [1.807, 2.05) is 0 Å². The van der Waals surface area contributed by atoms with Crippen LogP contribution in [-0.2, 0) is 9.47 Å². The first-order chi connectivity index (χ1) is 10.9. The fourth-order valence-corrected chi connectivity index (χ4v) is 5.23. The minimum Gasteiger partial charge on any atom is -0.375 e. The van der Waals surface area contributed by atoms with Gasteiger partial charge in [0.2, 0.25) is 0 Å². The summed E-state index contributed by atoms with van der Waals surface area (Å²) < 4.78 is 12.8. The largest absolute Gasteiger partial charge is 0.375 e. The molecule has 126 valence electrons. The van der Waals surface area contributed by atoms with Crippen molar-refractivity contribution in [2.24, 2.45) is 5.92 Å². The third-order valence-electron chi connectivity index (χ3n) is 6.40. The molecule has 3 nitrogen and oxygen atoms in total. The molecule has 0 aromatic heterocycles. The molecule has 0 radical (unpaired) electrons. The second-order valence-corrected chi connectivity index (χ2v) is 8.13. The molecular weight excluding hydrogens is 274 g/mol. The molecule has 4 fully saturated rings. The Morgan fingerprint density at radius 1 is 0.818 bits per heavy atom. The summed E-state index contributed by atoms with van der Waals surface area (Å²) in [7, 11) is 0. The standard InChI is InChI=1S/C19H33NO2/c1-2-6-16(7-3-1)21-17-8-9-19-15(12-17)13-18(22-19)14-20-10-4-5-11-20/h15-19H,1-14H2. The molecule has 0 aromatic rings. The topological polar surface area (TPSA) is 21.7 Å². The number of likely N-dealkylation sites (tertiary alicyclic amines) is 1. The van der Waals surface area contributed by atoms with Gasteiger partial charge in [-0.1, -0.05) is 19.3 Å². The van der Waals surface area contributed by atoms with Crippen molar-refractivity contribution in [2.75, 3.05) is 19.6 Å². The molecule has 2 saturated carbocycles. The van der Waals surface area contributed by atoms with Crippen molar-refractivity contribution in [3.05, 3.63) is 0 Å². The first-order valence-corrected chi connectivity index (χ1v) is 9.90. The molecule has 4 atom stereocenters. The fourth-order valence-electron chi connectivity index (χ4n) is 5.23. The Balaban J connectivity index is 1.24. The lowest BCUT2D eigenvalue weighted by Gasteiger charge is -2.34. The molecule has 22 heavy (non-hydrogen) atoms. The van der Waals surface area contributed by atoms with Gasteiger partial charge in [0.1, 0.15) is 0 Å². The van der Waals surface area contributed by atoms with Crippen LogP contribution in [0.2, 0.25) is 0 Å². The van der Waals surface area contributed by atoms with Gasteiger partial charge in [0, 0.05) is 6.54 Å². The summed E-state index contributed by atoms with van der Waals surface area (Å²) in [4.78, 5) is 2.61. The highest BCUT2D eigenvalue weighted by atomic mass is 16.5. The number of hydrogen-bond donors (Lipinski definition) is 0. The maximum atomic E-state index is 6.44. The van der Waals surface area contributed by atoms with Crippen molar-refractivity contribution >= 4 is 0 Å². The van der Waals surface area contributed by atoms with Gasteiger partial charge in [-0.25, -0.2) is 0 Å². The van der Waals surface area contributed by atoms with E-state index >= 15 is 0 Å². The summed E-state index contributed by atoms with van der Waals surface area (Å²) in [6.45, 7) is 3.77. The first-order valence-electron chi connectivity index (χ1n) is 9.90. The van der Waals surface area contributed by atoms with Gasteiger partial charge in [-0.15, -0.1) is 0 Å². The summed E-state index contributed by atoms with van der Waals surface area (Å²) in [5.41, 5.74) is 0. The zero-order valence-electron chi connectivity index (χ0n) is 14.0. The number of rotatable bonds is 4. The lowest BCUT2D eigenvalue weighted by atomic mass is 9.83. The van der Waals surface area contributed by atoms with Gasteiger partial charge in [0.05, 0.1) is 24.4 Å². The lowest BCUT2D eigenvalue weighted by Crippen LogP contribution is -2.33. The van der Waals surface area contributed by atoms with Gasteiger partial charge in [-0.05, 0) is 70.4 Å². The van der Waals surface area contributed by atoms with Crippen molar-refractivity contribution < 1.29 is 9.47 Å². The van der Waals surface area contributed by atoms with E-state index in [2.05, 4.69) is 4.90 Å². The predicted molar refractivity (Wildman–Crippen MR) is 88.0 cm³/mol. The van der Waals surface area contributed by atoms with E-state index in [0.717, 1.165) is 5.92 Å². The minimum absolute atomic E-state index is 0.501. The monoisotopic (exact) mass is 307 g/mol. The van der Waals surface area contributed by atoms with Crippen LogP contribution in [0.15, 0.2) is 0 Å². The molecule has 4 rings (SSSR count). The predicted octanol–water partition coefficient (Wildman–Crippen LogP) is 3.76. The van der Waals surface area contributed by atoms with Crippen LogP contribution in [0.25, 0.3) is 0 Å². The average Bonchev–Trinajstić information content (AvgIpc) is 3.17. The maximum Gasteiger partial charge on any atom is 0.0709 e. The number of ether oxygens (including phenoxy) is 2. The van der Waals surface area contributed by atoms with E-state index < -0.39 is 0 Å². The number of nitrogens with zero attached hydrogens (tertiary/aromatic N) is 1.